The molecule has 1 unspecified atom stereocenters. The fraction of sp³-hybridized carbons (Fsp3) is 0.833. The van der Waals surface area contributed by atoms with Crippen LogP contribution in [0.3, 0.4) is 0 Å². The quantitative estimate of drug-likeness (QED) is 0.776. The fourth-order valence-corrected chi connectivity index (χ4v) is 3.61. The van der Waals surface area contributed by atoms with Gasteiger partial charge in [0.05, 0.1) is 6.10 Å². The summed E-state index contributed by atoms with van der Waals surface area (Å²) < 4.78 is 30.4. The number of rotatable bonds is 5. The van der Waals surface area contributed by atoms with Crippen molar-refractivity contribution in [3.8, 4) is 0 Å². The van der Waals surface area contributed by atoms with Crippen LogP contribution in [0.4, 0.5) is 0 Å². The number of hydrogen-bond donors (Lipinski definition) is 0. The van der Waals surface area contributed by atoms with Gasteiger partial charge in [-0.25, -0.2) is 8.42 Å². The highest BCUT2D eigenvalue weighted by molar-refractivity contribution is 8.13. The maximum absolute atomic E-state index is 11.5. The van der Waals surface area contributed by atoms with E-state index in [1.807, 2.05) is 0 Å². The molecular formula is C12H18ClN3O3S. The van der Waals surface area contributed by atoms with Crippen LogP contribution < -0.4 is 0 Å². The molecule has 0 radical (unpaired) electrons. The average molecular weight is 320 g/mol. The van der Waals surface area contributed by atoms with Gasteiger partial charge in [-0.15, -0.1) is 10.2 Å². The third kappa shape index (κ3) is 3.15. The van der Waals surface area contributed by atoms with Gasteiger partial charge in [-0.05, 0) is 38.5 Å². The smallest absolute Gasteiger partial charge is 0.296 e. The Labute approximate surface area is 122 Å². The van der Waals surface area contributed by atoms with Crippen LogP contribution in [0.2, 0.25) is 0 Å². The molecule has 1 aromatic heterocycles. The number of aryl methyl sites for hydroxylation is 1. The highest BCUT2D eigenvalue weighted by Gasteiger charge is 2.33. The standard InChI is InChI=1S/C12H18ClN3O3S/c13-20(17,18)12-15-14-11(16(12)9-4-5-9)7-6-10-3-1-2-8-19-10/h9-10H,1-8H2. The predicted molar refractivity (Wildman–Crippen MR) is 73.2 cm³/mol. The second kappa shape index (κ2) is 5.61. The van der Waals surface area contributed by atoms with Crippen LogP contribution >= 0.6 is 10.7 Å². The first-order valence-electron chi connectivity index (χ1n) is 7.06. The molecule has 6 nitrogen and oxygen atoms in total. The van der Waals surface area contributed by atoms with Gasteiger partial charge in [0.1, 0.15) is 5.82 Å². The van der Waals surface area contributed by atoms with Gasteiger partial charge in [0.25, 0.3) is 14.2 Å². The first-order chi connectivity index (χ1) is 9.55. The number of aromatic nitrogens is 3. The number of halogens is 1. The summed E-state index contributed by atoms with van der Waals surface area (Å²) in [5, 5.41) is 7.68. The molecule has 2 fully saturated rings. The molecule has 0 N–H and O–H groups in total. The average Bonchev–Trinajstić information content (AvgIpc) is 3.16. The van der Waals surface area contributed by atoms with E-state index in [4.69, 9.17) is 15.4 Å². The summed E-state index contributed by atoms with van der Waals surface area (Å²) >= 11 is 0. The van der Waals surface area contributed by atoms with Crippen LogP contribution in [0, 0.1) is 0 Å². The van der Waals surface area contributed by atoms with E-state index in [2.05, 4.69) is 10.2 Å². The van der Waals surface area contributed by atoms with Crippen LogP contribution in [0.25, 0.3) is 0 Å². The van der Waals surface area contributed by atoms with E-state index in [0.29, 0.717) is 12.2 Å². The Kier molecular flexibility index (Phi) is 4.01. The molecule has 3 rings (SSSR count). The van der Waals surface area contributed by atoms with Crippen molar-refractivity contribution in [2.24, 2.45) is 0 Å². The maximum Gasteiger partial charge on any atom is 0.296 e. The number of nitrogens with zero attached hydrogens (tertiary/aromatic N) is 3. The second-order valence-corrected chi connectivity index (χ2v) is 7.92. The van der Waals surface area contributed by atoms with Crippen molar-refractivity contribution < 1.29 is 13.2 Å². The molecule has 1 aliphatic carbocycles. The highest BCUT2D eigenvalue weighted by atomic mass is 35.7. The SMILES string of the molecule is O=S(=O)(Cl)c1nnc(CCC2CCCCO2)n1C1CC1. The molecule has 8 heteroatoms. The van der Waals surface area contributed by atoms with Crippen molar-refractivity contribution in [2.45, 2.75) is 62.2 Å². The van der Waals surface area contributed by atoms with Gasteiger partial charge in [0, 0.05) is 29.8 Å². The van der Waals surface area contributed by atoms with Gasteiger partial charge in [0.2, 0.25) is 0 Å². The van der Waals surface area contributed by atoms with Gasteiger partial charge in [-0.1, -0.05) is 0 Å². The Bertz CT molecular complexity index is 577. The molecule has 2 aliphatic rings. The minimum atomic E-state index is -3.83. The molecule has 20 heavy (non-hydrogen) atoms. The van der Waals surface area contributed by atoms with Crippen LogP contribution in [-0.2, 0) is 20.2 Å². The summed E-state index contributed by atoms with van der Waals surface area (Å²) in [6, 6.07) is 0.191. The summed E-state index contributed by atoms with van der Waals surface area (Å²) in [5.41, 5.74) is 0. The lowest BCUT2D eigenvalue weighted by Crippen LogP contribution is -2.20. The molecule has 1 atom stereocenters. The Balaban J connectivity index is 1.74. The zero-order chi connectivity index (χ0) is 14.2. The van der Waals surface area contributed by atoms with Gasteiger partial charge in [0.15, 0.2) is 0 Å². The Morgan fingerprint density at radius 2 is 2.05 bits per heavy atom. The molecular weight excluding hydrogens is 302 g/mol. The molecule has 1 saturated heterocycles. The molecule has 0 bridgehead atoms. The minimum Gasteiger partial charge on any atom is -0.378 e. The summed E-state index contributed by atoms with van der Waals surface area (Å²) in [5.74, 6) is 0.709. The number of ether oxygens (including phenoxy) is 1. The van der Waals surface area contributed by atoms with E-state index in [9.17, 15) is 8.42 Å². The largest absolute Gasteiger partial charge is 0.378 e. The van der Waals surface area contributed by atoms with Crippen LogP contribution in [-0.4, -0.2) is 35.9 Å². The summed E-state index contributed by atoms with van der Waals surface area (Å²) in [6.45, 7) is 0.821. The molecule has 2 heterocycles. The molecule has 1 saturated carbocycles. The van der Waals surface area contributed by atoms with Crippen LogP contribution in [0.1, 0.15) is 50.4 Å². The summed E-state index contributed by atoms with van der Waals surface area (Å²) in [4.78, 5) is 0. The normalized spacial score (nSPS) is 23.9. The third-order valence-corrected chi connectivity index (χ3v) is 4.96. The van der Waals surface area contributed by atoms with Gasteiger partial charge >= 0.3 is 0 Å². The first kappa shape index (κ1) is 14.3. The monoisotopic (exact) mass is 319 g/mol. The zero-order valence-corrected chi connectivity index (χ0v) is 12.7. The fourth-order valence-electron chi connectivity index (χ4n) is 2.67. The molecule has 0 spiro atoms. The Morgan fingerprint density at radius 1 is 1.25 bits per heavy atom. The van der Waals surface area contributed by atoms with Crippen LogP contribution in [0.5, 0.6) is 0 Å². The van der Waals surface area contributed by atoms with E-state index in [1.165, 1.54) is 6.42 Å². The van der Waals surface area contributed by atoms with Crippen molar-refractivity contribution >= 4 is 19.7 Å². The lowest BCUT2D eigenvalue weighted by Gasteiger charge is -2.22. The van der Waals surface area contributed by atoms with Crippen molar-refractivity contribution in [3.05, 3.63) is 5.82 Å². The van der Waals surface area contributed by atoms with Crippen molar-refractivity contribution in [3.63, 3.8) is 0 Å². The maximum atomic E-state index is 11.5. The molecule has 0 aromatic carbocycles. The molecule has 1 aliphatic heterocycles. The van der Waals surface area contributed by atoms with Gasteiger partial charge < -0.3 is 4.74 Å². The second-order valence-electron chi connectivity index (χ2n) is 5.47. The van der Waals surface area contributed by atoms with E-state index in [0.717, 1.165) is 38.7 Å². The van der Waals surface area contributed by atoms with E-state index < -0.39 is 9.05 Å². The predicted octanol–water partition coefficient (Wildman–Crippen LogP) is 2.04. The van der Waals surface area contributed by atoms with Gasteiger partial charge in [-0.3, -0.25) is 4.57 Å². The van der Waals surface area contributed by atoms with E-state index in [-0.39, 0.29) is 17.3 Å². The molecule has 1 aromatic rings. The number of hydrogen-bond acceptors (Lipinski definition) is 5. The van der Waals surface area contributed by atoms with Crippen LogP contribution in [0.15, 0.2) is 5.16 Å². The topological polar surface area (TPSA) is 74.1 Å². The zero-order valence-electron chi connectivity index (χ0n) is 11.2. The summed E-state index contributed by atoms with van der Waals surface area (Å²) in [7, 11) is 1.59. The van der Waals surface area contributed by atoms with E-state index >= 15 is 0 Å². The molecule has 0 amide bonds. The lowest BCUT2D eigenvalue weighted by molar-refractivity contribution is 0.0111. The minimum absolute atomic E-state index is 0.110. The van der Waals surface area contributed by atoms with Crippen molar-refractivity contribution in [1.82, 2.24) is 14.8 Å². The first-order valence-corrected chi connectivity index (χ1v) is 9.36. The van der Waals surface area contributed by atoms with Gasteiger partial charge in [-0.2, -0.15) is 0 Å². The highest BCUT2D eigenvalue weighted by Crippen LogP contribution is 2.38. The lowest BCUT2D eigenvalue weighted by atomic mass is 10.0. The third-order valence-electron chi connectivity index (χ3n) is 3.83. The van der Waals surface area contributed by atoms with Crippen molar-refractivity contribution in [2.75, 3.05) is 6.61 Å². The van der Waals surface area contributed by atoms with Crippen molar-refractivity contribution in [1.29, 1.82) is 0 Å². The summed E-state index contributed by atoms with van der Waals surface area (Å²) in [6.07, 6.45) is 7.11. The Hall–Kier alpha value is -0.660. The Morgan fingerprint density at radius 3 is 2.65 bits per heavy atom. The molecule has 112 valence electrons. The van der Waals surface area contributed by atoms with E-state index in [1.54, 1.807) is 4.57 Å².